The Kier molecular flexibility index (Phi) is 6.46. The van der Waals surface area contributed by atoms with E-state index in [0.29, 0.717) is 24.2 Å². The molecule has 4 atom stereocenters. The summed E-state index contributed by atoms with van der Waals surface area (Å²) in [6.07, 6.45) is 0.857. The summed E-state index contributed by atoms with van der Waals surface area (Å²) in [6, 6.07) is 9.06. The molecular weight excluding hydrogens is 411 g/mol. The van der Waals surface area contributed by atoms with Crippen molar-refractivity contribution < 1.29 is 14.3 Å². The molecule has 3 heterocycles. The lowest BCUT2D eigenvalue weighted by Gasteiger charge is -2.27. The Hall–Kier alpha value is -2.55. The summed E-state index contributed by atoms with van der Waals surface area (Å²) in [4.78, 5) is 30.3. The Labute approximate surface area is 187 Å². The number of hydrogen-bond donors (Lipinski definition) is 2. The van der Waals surface area contributed by atoms with E-state index in [0.717, 1.165) is 18.7 Å². The van der Waals surface area contributed by atoms with Crippen molar-refractivity contribution in [1.29, 1.82) is 0 Å². The molecule has 1 fully saturated rings. The fourth-order valence-corrected chi connectivity index (χ4v) is 5.33. The van der Waals surface area contributed by atoms with Crippen LogP contribution in [0.5, 0.6) is 0 Å². The van der Waals surface area contributed by atoms with E-state index < -0.39 is 6.04 Å². The van der Waals surface area contributed by atoms with Gasteiger partial charge in [0.1, 0.15) is 5.82 Å². The highest BCUT2D eigenvalue weighted by atomic mass is 19.1. The Bertz CT molecular complexity index is 1040. The molecule has 2 aliphatic rings. The molecule has 2 aromatic rings. The quantitative estimate of drug-likeness (QED) is 0.633. The molecule has 7 nitrogen and oxygen atoms in total. The Morgan fingerprint density at radius 2 is 1.94 bits per heavy atom. The number of aromatic nitrogens is 1. The van der Waals surface area contributed by atoms with Crippen molar-refractivity contribution in [3.8, 4) is 11.1 Å². The molecule has 1 aromatic carbocycles. The molecule has 0 spiro atoms. The molecule has 1 aromatic heterocycles. The Morgan fingerprint density at radius 1 is 1.22 bits per heavy atom. The van der Waals surface area contributed by atoms with Crippen molar-refractivity contribution in [3.05, 3.63) is 58.3 Å². The third-order valence-electron chi connectivity index (χ3n) is 6.86. The molecule has 172 valence electrons. The van der Waals surface area contributed by atoms with Gasteiger partial charge in [0.05, 0.1) is 12.1 Å². The van der Waals surface area contributed by atoms with E-state index in [1.54, 1.807) is 22.8 Å². The minimum atomic E-state index is -0.435. The normalized spacial score (nSPS) is 24.6. The third-order valence-corrected chi connectivity index (χ3v) is 6.86. The summed E-state index contributed by atoms with van der Waals surface area (Å²) in [5.74, 6) is -0.703. The molecule has 2 aliphatic heterocycles. The van der Waals surface area contributed by atoms with Crippen LogP contribution in [0.25, 0.3) is 11.1 Å². The number of nitrogens with zero attached hydrogens (tertiary/aromatic N) is 3. The van der Waals surface area contributed by atoms with Crippen LogP contribution in [-0.2, 0) is 11.3 Å². The first-order valence-corrected chi connectivity index (χ1v) is 11.1. The van der Waals surface area contributed by atoms with E-state index in [1.165, 1.54) is 12.1 Å². The van der Waals surface area contributed by atoms with Crippen LogP contribution in [0.15, 0.2) is 41.2 Å². The number of amides is 1. The number of aliphatic hydroxyl groups is 1. The van der Waals surface area contributed by atoms with E-state index in [-0.39, 0.29) is 41.8 Å². The van der Waals surface area contributed by atoms with E-state index in [2.05, 4.69) is 10.2 Å². The number of nitrogens with one attached hydrogen (secondary N) is 1. The van der Waals surface area contributed by atoms with Gasteiger partial charge in [0, 0.05) is 42.8 Å². The number of halogens is 1. The molecule has 1 amide bonds. The van der Waals surface area contributed by atoms with Gasteiger partial charge in [-0.3, -0.25) is 14.5 Å². The molecule has 32 heavy (non-hydrogen) atoms. The molecular formula is C24H31FN4O3. The van der Waals surface area contributed by atoms with Crippen molar-refractivity contribution >= 4 is 5.91 Å². The molecule has 0 radical (unpaired) electrons. The van der Waals surface area contributed by atoms with Gasteiger partial charge in [-0.05, 0) is 63.9 Å². The maximum Gasteiger partial charge on any atom is 0.258 e. The fourth-order valence-electron chi connectivity index (χ4n) is 5.33. The first-order valence-electron chi connectivity index (χ1n) is 11.1. The minimum Gasteiger partial charge on any atom is -0.396 e. The van der Waals surface area contributed by atoms with Crippen LogP contribution < -0.4 is 10.9 Å². The summed E-state index contributed by atoms with van der Waals surface area (Å²) in [7, 11) is 5.89. The molecule has 0 saturated carbocycles. The third kappa shape index (κ3) is 3.98. The summed E-state index contributed by atoms with van der Waals surface area (Å²) >= 11 is 0. The average molecular weight is 443 g/mol. The van der Waals surface area contributed by atoms with Gasteiger partial charge < -0.3 is 19.9 Å². The van der Waals surface area contributed by atoms with Crippen molar-refractivity contribution in [2.75, 3.05) is 40.8 Å². The van der Waals surface area contributed by atoms with E-state index >= 15 is 0 Å². The van der Waals surface area contributed by atoms with Crippen LogP contribution in [-0.4, -0.2) is 72.3 Å². The van der Waals surface area contributed by atoms with E-state index in [9.17, 15) is 19.1 Å². The number of fused-ring (bicyclic) bond motifs is 3. The lowest BCUT2D eigenvalue weighted by Crippen LogP contribution is -2.47. The number of aliphatic hydroxyl groups excluding tert-OH is 1. The predicted octanol–water partition coefficient (Wildman–Crippen LogP) is 1.32. The zero-order chi connectivity index (χ0) is 23.0. The summed E-state index contributed by atoms with van der Waals surface area (Å²) in [5.41, 5.74) is 1.92. The molecule has 4 rings (SSSR count). The predicted molar refractivity (Wildman–Crippen MR) is 121 cm³/mol. The van der Waals surface area contributed by atoms with Gasteiger partial charge in [-0.1, -0.05) is 12.1 Å². The van der Waals surface area contributed by atoms with Crippen LogP contribution in [0.3, 0.4) is 0 Å². The maximum absolute atomic E-state index is 13.3. The topological polar surface area (TPSA) is 77.8 Å². The van der Waals surface area contributed by atoms with Crippen LogP contribution in [0, 0.1) is 17.7 Å². The SMILES string of the molecule is CN(C)CCCNC(=O)[C@H]1[C@H](CO)[C@H]2Cn3c(ccc(-c4ccc(F)cc4)c3=O)[C@H]2N1C. The van der Waals surface area contributed by atoms with Gasteiger partial charge in [0.15, 0.2) is 0 Å². The number of likely N-dealkylation sites (N-methyl/N-ethyl adjacent to an activating group) is 1. The first kappa shape index (κ1) is 22.6. The van der Waals surface area contributed by atoms with Crippen LogP contribution in [0.2, 0.25) is 0 Å². The van der Waals surface area contributed by atoms with E-state index in [1.807, 2.05) is 32.1 Å². The van der Waals surface area contributed by atoms with Crippen LogP contribution >= 0.6 is 0 Å². The van der Waals surface area contributed by atoms with Gasteiger partial charge in [-0.15, -0.1) is 0 Å². The number of hydrogen-bond acceptors (Lipinski definition) is 5. The second-order valence-electron chi connectivity index (χ2n) is 9.11. The van der Waals surface area contributed by atoms with E-state index in [4.69, 9.17) is 0 Å². The van der Waals surface area contributed by atoms with Crippen LogP contribution in [0.1, 0.15) is 18.2 Å². The Balaban J connectivity index is 1.57. The number of rotatable bonds is 7. The average Bonchev–Trinajstić information content (AvgIpc) is 3.27. The lowest BCUT2D eigenvalue weighted by atomic mass is 9.88. The van der Waals surface area contributed by atoms with Gasteiger partial charge in [0.25, 0.3) is 5.56 Å². The highest BCUT2D eigenvalue weighted by Gasteiger charge is 2.54. The van der Waals surface area contributed by atoms with Crippen molar-refractivity contribution in [1.82, 2.24) is 19.7 Å². The maximum atomic E-state index is 13.3. The van der Waals surface area contributed by atoms with Gasteiger partial charge >= 0.3 is 0 Å². The number of likely N-dealkylation sites (tertiary alicyclic amines) is 1. The largest absolute Gasteiger partial charge is 0.396 e. The zero-order valence-corrected chi connectivity index (χ0v) is 18.8. The summed E-state index contributed by atoms with van der Waals surface area (Å²) in [6.45, 7) is 1.82. The Morgan fingerprint density at radius 3 is 2.59 bits per heavy atom. The number of pyridine rings is 1. The monoisotopic (exact) mass is 442 g/mol. The summed E-state index contributed by atoms with van der Waals surface area (Å²) in [5, 5.41) is 13.2. The minimum absolute atomic E-state index is 0.0290. The molecule has 2 N–H and O–H groups in total. The molecule has 1 saturated heterocycles. The van der Waals surface area contributed by atoms with Gasteiger partial charge in [-0.25, -0.2) is 4.39 Å². The smallest absolute Gasteiger partial charge is 0.258 e. The molecule has 8 heteroatoms. The van der Waals surface area contributed by atoms with Crippen molar-refractivity contribution in [2.24, 2.45) is 11.8 Å². The van der Waals surface area contributed by atoms with Crippen molar-refractivity contribution in [2.45, 2.75) is 25.0 Å². The van der Waals surface area contributed by atoms with Gasteiger partial charge in [0.2, 0.25) is 5.91 Å². The second kappa shape index (κ2) is 9.13. The lowest BCUT2D eigenvalue weighted by molar-refractivity contribution is -0.127. The highest BCUT2D eigenvalue weighted by molar-refractivity contribution is 5.82. The molecule has 0 aliphatic carbocycles. The number of carbonyl (C=O) groups excluding carboxylic acids is 1. The number of carbonyl (C=O) groups is 1. The van der Waals surface area contributed by atoms with Crippen LogP contribution in [0.4, 0.5) is 4.39 Å². The fraction of sp³-hybridized carbons (Fsp3) is 0.500. The van der Waals surface area contributed by atoms with Crippen molar-refractivity contribution in [3.63, 3.8) is 0 Å². The molecule has 0 unspecified atom stereocenters. The highest BCUT2D eigenvalue weighted by Crippen LogP contribution is 2.48. The second-order valence-corrected chi connectivity index (χ2v) is 9.11. The summed E-state index contributed by atoms with van der Waals surface area (Å²) < 4.78 is 15.0. The first-order chi connectivity index (χ1) is 15.3. The number of benzene rings is 1. The standard InChI is InChI=1S/C24H31FN4O3/c1-27(2)12-4-11-26-23(31)22-19(14-30)18-13-29-20(21(18)28(22)3)10-9-17(24(29)32)15-5-7-16(25)8-6-15/h5-10,18-19,21-22,30H,4,11-14H2,1-3H3,(H,26,31)/t18-,19-,21+,22-/m1/s1. The zero-order valence-electron chi connectivity index (χ0n) is 18.8. The van der Waals surface area contributed by atoms with Gasteiger partial charge in [-0.2, -0.15) is 0 Å². The molecule has 0 bridgehead atoms.